The quantitative estimate of drug-likeness (QED) is 0.277. The van der Waals surface area contributed by atoms with Crippen LogP contribution in [0.5, 0.6) is 5.75 Å². The highest BCUT2D eigenvalue weighted by Crippen LogP contribution is 2.30. The highest BCUT2D eigenvalue weighted by atomic mass is 16.5. The molecule has 172 valence electrons. The number of amides is 1. The van der Waals surface area contributed by atoms with Gasteiger partial charge in [-0.15, -0.1) is 0 Å². The number of ether oxygens (including phenoxy) is 1. The van der Waals surface area contributed by atoms with Gasteiger partial charge in [0, 0.05) is 13.5 Å². The summed E-state index contributed by atoms with van der Waals surface area (Å²) in [5.41, 5.74) is 4.57. The van der Waals surface area contributed by atoms with Crippen LogP contribution in [0.2, 0.25) is 0 Å². The summed E-state index contributed by atoms with van der Waals surface area (Å²) < 4.78 is 12.9. The zero-order valence-electron chi connectivity index (χ0n) is 18.6. The maximum absolute atomic E-state index is 12.9. The Morgan fingerprint density at radius 3 is 2.82 bits per heavy atom. The number of hydroxylamine groups is 1. The maximum atomic E-state index is 12.9. The molecule has 0 fully saturated rings. The molecule has 0 spiro atoms. The number of fused-ring (bicyclic) bond motifs is 1. The fourth-order valence-corrected chi connectivity index (χ4v) is 3.78. The van der Waals surface area contributed by atoms with Gasteiger partial charge in [-0.1, -0.05) is 19.4 Å². The molecule has 0 saturated heterocycles. The van der Waals surface area contributed by atoms with E-state index >= 15 is 0 Å². The van der Waals surface area contributed by atoms with Crippen LogP contribution in [0.4, 0.5) is 0 Å². The summed E-state index contributed by atoms with van der Waals surface area (Å²) in [6.45, 7) is 4.38. The number of carbonyl (C=O) groups excluding carboxylic acids is 1. The van der Waals surface area contributed by atoms with E-state index in [1.54, 1.807) is 23.3 Å². The molecular formula is C23H25N5O5. The fourth-order valence-electron chi connectivity index (χ4n) is 3.78. The number of hydrogen-bond donors (Lipinski definition) is 3. The minimum absolute atomic E-state index is 0.00939. The molecule has 3 N–H and O–H groups in total. The van der Waals surface area contributed by atoms with Crippen molar-refractivity contribution in [3.63, 3.8) is 0 Å². The number of carbonyl (C=O) groups is 1. The van der Waals surface area contributed by atoms with Crippen molar-refractivity contribution in [3.8, 4) is 17.1 Å². The summed E-state index contributed by atoms with van der Waals surface area (Å²) in [5, 5.41) is 13.2. The van der Waals surface area contributed by atoms with Crippen LogP contribution in [0.15, 0.2) is 39.5 Å². The Labute approximate surface area is 189 Å². The van der Waals surface area contributed by atoms with Gasteiger partial charge in [-0.2, -0.15) is 5.10 Å². The first-order valence-electron chi connectivity index (χ1n) is 10.7. The second-order valence-electron chi connectivity index (χ2n) is 7.58. The van der Waals surface area contributed by atoms with Crippen LogP contribution in [0.3, 0.4) is 0 Å². The van der Waals surface area contributed by atoms with Gasteiger partial charge in [0.05, 0.1) is 17.9 Å². The third-order valence-electron chi connectivity index (χ3n) is 5.21. The monoisotopic (exact) mass is 451 g/mol. The molecular weight excluding hydrogens is 426 g/mol. The van der Waals surface area contributed by atoms with E-state index in [2.05, 4.69) is 17.0 Å². The van der Waals surface area contributed by atoms with Crippen LogP contribution in [-0.4, -0.2) is 37.5 Å². The normalized spacial score (nSPS) is 11.2. The molecule has 3 aromatic heterocycles. The summed E-state index contributed by atoms with van der Waals surface area (Å²) in [7, 11) is 1.74. The predicted octanol–water partition coefficient (Wildman–Crippen LogP) is 2.98. The Bertz CT molecular complexity index is 1370. The molecule has 1 amide bonds. The van der Waals surface area contributed by atoms with E-state index < -0.39 is 5.91 Å². The van der Waals surface area contributed by atoms with Crippen molar-refractivity contribution in [3.05, 3.63) is 63.5 Å². The maximum Gasteiger partial charge on any atom is 0.310 e. The molecule has 0 aliphatic heterocycles. The van der Waals surface area contributed by atoms with E-state index in [-0.39, 0.29) is 11.3 Å². The van der Waals surface area contributed by atoms with E-state index in [1.807, 2.05) is 25.1 Å². The standard InChI is InChI=1S/C23H25N5O5/c1-4-6-16-19-20(28(3)26-16)23(30)25-21(24-19)15-12-13(7-9-17(15)32-5-2)11-14-8-10-18(33-14)22(29)27-31/h7-10,12,31H,4-6,11H2,1-3H3,(H,27,29)(H,24,25,30). The Morgan fingerprint density at radius 2 is 2.09 bits per heavy atom. The summed E-state index contributed by atoms with van der Waals surface area (Å²) in [4.78, 5) is 32.0. The molecule has 0 radical (unpaired) electrons. The molecule has 0 bridgehead atoms. The van der Waals surface area contributed by atoms with Gasteiger partial charge in [0.15, 0.2) is 11.3 Å². The third kappa shape index (κ3) is 4.37. The van der Waals surface area contributed by atoms with Crippen LogP contribution >= 0.6 is 0 Å². The van der Waals surface area contributed by atoms with Crippen molar-refractivity contribution in [1.82, 2.24) is 25.2 Å². The van der Waals surface area contributed by atoms with Gasteiger partial charge in [0.25, 0.3) is 5.56 Å². The first-order chi connectivity index (χ1) is 15.9. The minimum Gasteiger partial charge on any atom is -0.493 e. The number of aromatic amines is 1. The zero-order valence-corrected chi connectivity index (χ0v) is 18.6. The summed E-state index contributed by atoms with van der Waals surface area (Å²) in [5.74, 6) is 0.809. The predicted molar refractivity (Wildman–Crippen MR) is 120 cm³/mol. The average molecular weight is 451 g/mol. The lowest BCUT2D eigenvalue weighted by Crippen LogP contribution is -2.17. The lowest BCUT2D eigenvalue weighted by Gasteiger charge is -2.12. The minimum atomic E-state index is -0.719. The number of aromatic nitrogens is 4. The first-order valence-corrected chi connectivity index (χ1v) is 10.7. The smallest absolute Gasteiger partial charge is 0.310 e. The molecule has 33 heavy (non-hydrogen) atoms. The molecule has 1 aromatic carbocycles. The Hall–Kier alpha value is -3.92. The average Bonchev–Trinajstić information content (AvgIpc) is 3.39. The molecule has 4 rings (SSSR count). The lowest BCUT2D eigenvalue weighted by molar-refractivity contribution is 0.0674. The molecule has 4 aromatic rings. The number of nitrogens with one attached hydrogen (secondary N) is 2. The number of furan rings is 1. The van der Waals surface area contributed by atoms with Gasteiger partial charge in [0.1, 0.15) is 22.9 Å². The molecule has 0 saturated carbocycles. The summed E-state index contributed by atoms with van der Waals surface area (Å²) in [6.07, 6.45) is 1.99. The van der Waals surface area contributed by atoms with E-state index in [1.165, 1.54) is 6.07 Å². The second kappa shape index (κ2) is 9.29. The Kier molecular flexibility index (Phi) is 6.27. The number of hydrogen-bond acceptors (Lipinski definition) is 7. The van der Waals surface area contributed by atoms with Crippen LogP contribution in [0.25, 0.3) is 22.4 Å². The SMILES string of the molecule is CCCc1nn(C)c2c(=O)[nH]c(-c3cc(Cc4ccc(C(=O)NO)o4)ccc3OCC)nc12. The second-order valence-corrected chi connectivity index (χ2v) is 7.58. The third-order valence-corrected chi connectivity index (χ3v) is 5.21. The van der Waals surface area contributed by atoms with Gasteiger partial charge in [-0.25, -0.2) is 10.5 Å². The molecule has 0 aliphatic carbocycles. The van der Waals surface area contributed by atoms with Crippen molar-refractivity contribution < 1.29 is 19.2 Å². The number of aryl methyl sites for hydroxylation is 2. The van der Waals surface area contributed by atoms with Gasteiger partial charge in [0.2, 0.25) is 0 Å². The van der Waals surface area contributed by atoms with Crippen LogP contribution < -0.4 is 15.8 Å². The molecule has 0 unspecified atom stereocenters. The summed E-state index contributed by atoms with van der Waals surface area (Å²) in [6, 6.07) is 8.73. The van der Waals surface area contributed by atoms with E-state index in [4.69, 9.17) is 19.3 Å². The number of benzene rings is 1. The van der Waals surface area contributed by atoms with Crippen molar-refractivity contribution >= 4 is 16.9 Å². The lowest BCUT2D eigenvalue weighted by atomic mass is 10.0. The highest BCUT2D eigenvalue weighted by molar-refractivity contribution is 5.90. The molecule has 0 atom stereocenters. The molecule has 10 heteroatoms. The van der Waals surface area contributed by atoms with E-state index in [0.29, 0.717) is 53.4 Å². The topological polar surface area (TPSA) is 135 Å². The Balaban J connectivity index is 1.78. The fraction of sp³-hybridized carbons (Fsp3) is 0.304. The number of H-pyrrole nitrogens is 1. The first kappa shape index (κ1) is 22.3. The van der Waals surface area contributed by atoms with Crippen molar-refractivity contribution in [2.75, 3.05) is 6.61 Å². The largest absolute Gasteiger partial charge is 0.493 e. The molecule has 3 heterocycles. The molecule has 10 nitrogen and oxygen atoms in total. The van der Waals surface area contributed by atoms with Crippen molar-refractivity contribution in [2.24, 2.45) is 7.05 Å². The Morgan fingerprint density at radius 1 is 1.27 bits per heavy atom. The van der Waals surface area contributed by atoms with Gasteiger partial charge >= 0.3 is 5.91 Å². The highest BCUT2D eigenvalue weighted by Gasteiger charge is 2.18. The van der Waals surface area contributed by atoms with Crippen molar-refractivity contribution in [2.45, 2.75) is 33.1 Å². The van der Waals surface area contributed by atoms with Crippen LogP contribution in [0.1, 0.15) is 47.8 Å². The molecule has 0 aliphatic rings. The van der Waals surface area contributed by atoms with Gasteiger partial charge in [-0.05, 0) is 43.2 Å². The van der Waals surface area contributed by atoms with E-state index in [0.717, 1.165) is 17.7 Å². The van der Waals surface area contributed by atoms with E-state index in [9.17, 15) is 9.59 Å². The van der Waals surface area contributed by atoms with Crippen molar-refractivity contribution in [1.29, 1.82) is 0 Å². The number of rotatable bonds is 8. The zero-order chi connectivity index (χ0) is 23.5. The summed E-state index contributed by atoms with van der Waals surface area (Å²) >= 11 is 0. The van der Waals surface area contributed by atoms with Crippen LogP contribution in [0, 0.1) is 0 Å². The van der Waals surface area contributed by atoms with Gasteiger partial charge in [-0.3, -0.25) is 19.5 Å². The van der Waals surface area contributed by atoms with Gasteiger partial charge < -0.3 is 14.1 Å². The van der Waals surface area contributed by atoms with Crippen LogP contribution in [-0.2, 0) is 19.9 Å². The number of nitrogens with zero attached hydrogens (tertiary/aromatic N) is 3.